The van der Waals surface area contributed by atoms with Crippen molar-refractivity contribution in [2.75, 3.05) is 0 Å². The zero-order chi connectivity index (χ0) is 10.1. The highest BCUT2D eigenvalue weighted by atomic mass is 32.1. The van der Waals surface area contributed by atoms with Crippen LogP contribution in [0.5, 0.6) is 0 Å². The van der Waals surface area contributed by atoms with Crippen LogP contribution in [0.2, 0.25) is 0 Å². The Morgan fingerprint density at radius 1 is 1.57 bits per heavy atom. The molecule has 2 heterocycles. The van der Waals surface area contributed by atoms with Crippen LogP contribution in [0.1, 0.15) is 21.6 Å². The van der Waals surface area contributed by atoms with Crippen LogP contribution in [0.25, 0.3) is 0 Å². The monoisotopic (exact) mass is 206 g/mol. The van der Waals surface area contributed by atoms with Crippen LogP contribution in [0.4, 0.5) is 0 Å². The molecule has 0 aliphatic heterocycles. The molecule has 0 radical (unpaired) electrons. The Morgan fingerprint density at radius 2 is 2.36 bits per heavy atom. The number of carbonyl (C=O) groups is 1. The molecule has 0 aromatic carbocycles. The second kappa shape index (κ2) is 3.38. The van der Waals surface area contributed by atoms with Crippen molar-refractivity contribution < 1.29 is 4.79 Å². The second-order valence-corrected chi connectivity index (χ2v) is 3.92. The Balaban J connectivity index is 2.41. The van der Waals surface area contributed by atoms with E-state index in [1.165, 1.54) is 11.3 Å². The van der Waals surface area contributed by atoms with Crippen molar-refractivity contribution in [1.82, 2.24) is 9.78 Å². The molecule has 2 aromatic heterocycles. The number of hydrogen-bond acceptors (Lipinski definition) is 3. The highest BCUT2D eigenvalue weighted by Crippen LogP contribution is 2.14. The lowest BCUT2D eigenvalue weighted by Gasteiger charge is -1.93. The van der Waals surface area contributed by atoms with Crippen molar-refractivity contribution >= 4 is 17.1 Å². The minimum Gasteiger partial charge on any atom is -0.288 e. The lowest BCUT2D eigenvalue weighted by Crippen LogP contribution is -1.99. The van der Waals surface area contributed by atoms with Gasteiger partial charge in [0, 0.05) is 24.2 Å². The average molecular weight is 206 g/mol. The molecule has 0 amide bonds. The van der Waals surface area contributed by atoms with Gasteiger partial charge < -0.3 is 0 Å². The number of ketones is 1. The Bertz CT molecular complexity index is 456. The van der Waals surface area contributed by atoms with Crippen LogP contribution in [-0.4, -0.2) is 15.6 Å². The van der Waals surface area contributed by atoms with E-state index in [2.05, 4.69) is 5.10 Å². The van der Waals surface area contributed by atoms with Gasteiger partial charge in [-0.05, 0) is 18.4 Å². The zero-order valence-corrected chi connectivity index (χ0v) is 8.84. The first-order valence-electron chi connectivity index (χ1n) is 4.25. The standard InChI is InChI=1S/C10H10N2OS/c1-7-9(5-12(2)11-7)10(13)8-3-4-14-6-8/h3-6H,1-2H3. The highest BCUT2D eigenvalue weighted by Gasteiger charge is 2.14. The largest absolute Gasteiger partial charge is 0.288 e. The number of carbonyl (C=O) groups excluding carboxylic acids is 1. The van der Waals surface area contributed by atoms with Gasteiger partial charge in [0.2, 0.25) is 0 Å². The Kier molecular flexibility index (Phi) is 2.21. The van der Waals surface area contributed by atoms with Crippen LogP contribution in [-0.2, 0) is 7.05 Å². The lowest BCUT2D eigenvalue weighted by molar-refractivity contribution is 0.103. The summed E-state index contributed by atoms with van der Waals surface area (Å²) < 4.78 is 1.66. The molecule has 0 unspecified atom stereocenters. The van der Waals surface area contributed by atoms with Gasteiger partial charge in [-0.3, -0.25) is 9.48 Å². The van der Waals surface area contributed by atoms with Crippen molar-refractivity contribution in [3.8, 4) is 0 Å². The predicted molar refractivity (Wildman–Crippen MR) is 55.7 cm³/mol. The van der Waals surface area contributed by atoms with Gasteiger partial charge in [-0.15, -0.1) is 0 Å². The van der Waals surface area contributed by atoms with Crippen molar-refractivity contribution in [3.05, 3.63) is 39.8 Å². The fourth-order valence-electron chi connectivity index (χ4n) is 1.37. The topological polar surface area (TPSA) is 34.9 Å². The Labute approximate surface area is 86.0 Å². The molecule has 2 rings (SSSR count). The Morgan fingerprint density at radius 3 is 2.86 bits per heavy atom. The number of nitrogens with zero attached hydrogens (tertiary/aromatic N) is 2. The molecule has 2 aromatic rings. The number of rotatable bonds is 2. The van der Waals surface area contributed by atoms with Crippen LogP contribution in [0, 0.1) is 6.92 Å². The molecule has 4 heteroatoms. The van der Waals surface area contributed by atoms with Crippen LogP contribution < -0.4 is 0 Å². The second-order valence-electron chi connectivity index (χ2n) is 3.14. The summed E-state index contributed by atoms with van der Waals surface area (Å²) in [6.45, 7) is 1.85. The third kappa shape index (κ3) is 1.48. The molecule has 3 nitrogen and oxygen atoms in total. The molecule has 72 valence electrons. The van der Waals surface area contributed by atoms with Crippen molar-refractivity contribution in [3.63, 3.8) is 0 Å². The molecule has 0 aliphatic rings. The van der Waals surface area contributed by atoms with E-state index in [9.17, 15) is 4.79 Å². The predicted octanol–water partition coefficient (Wildman–Crippen LogP) is 2.02. The minimum atomic E-state index is 0.0526. The molecular formula is C10H10N2OS. The van der Waals surface area contributed by atoms with Crippen molar-refractivity contribution in [2.24, 2.45) is 7.05 Å². The summed E-state index contributed by atoms with van der Waals surface area (Å²) in [4.78, 5) is 11.9. The fraction of sp³-hybridized carbons (Fsp3) is 0.200. The van der Waals surface area contributed by atoms with Crippen molar-refractivity contribution in [1.29, 1.82) is 0 Å². The van der Waals surface area contributed by atoms with Crippen LogP contribution >= 0.6 is 11.3 Å². The quantitative estimate of drug-likeness (QED) is 0.705. The summed E-state index contributed by atoms with van der Waals surface area (Å²) in [5.74, 6) is 0.0526. The number of thiophene rings is 1. The van der Waals surface area contributed by atoms with E-state index in [0.717, 1.165) is 11.3 Å². The summed E-state index contributed by atoms with van der Waals surface area (Å²) in [5, 5.41) is 7.90. The maximum absolute atomic E-state index is 11.9. The minimum absolute atomic E-state index is 0.0526. The van der Waals surface area contributed by atoms with Crippen LogP contribution in [0.3, 0.4) is 0 Å². The summed E-state index contributed by atoms with van der Waals surface area (Å²) >= 11 is 1.53. The number of aryl methyl sites for hydroxylation is 2. The molecule has 0 spiro atoms. The van der Waals surface area contributed by atoms with Gasteiger partial charge in [-0.25, -0.2) is 0 Å². The first-order valence-corrected chi connectivity index (χ1v) is 5.20. The maximum Gasteiger partial charge on any atom is 0.197 e. The van der Waals surface area contributed by atoms with Crippen molar-refractivity contribution in [2.45, 2.75) is 6.92 Å². The zero-order valence-electron chi connectivity index (χ0n) is 8.02. The maximum atomic E-state index is 11.9. The van der Waals surface area contributed by atoms with E-state index < -0.39 is 0 Å². The number of aromatic nitrogens is 2. The van der Waals surface area contributed by atoms with Gasteiger partial charge >= 0.3 is 0 Å². The summed E-state index contributed by atoms with van der Waals surface area (Å²) in [6, 6.07) is 1.83. The molecule has 0 saturated heterocycles. The lowest BCUT2D eigenvalue weighted by atomic mass is 10.1. The van der Waals surface area contributed by atoms with Gasteiger partial charge in [0.25, 0.3) is 0 Å². The van der Waals surface area contributed by atoms with E-state index in [-0.39, 0.29) is 5.78 Å². The van der Waals surface area contributed by atoms with Gasteiger partial charge in [-0.2, -0.15) is 16.4 Å². The molecule has 0 atom stereocenters. The SMILES string of the molecule is Cc1nn(C)cc1C(=O)c1ccsc1. The van der Waals surface area contributed by atoms with Gasteiger partial charge in [0.15, 0.2) is 5.78 Å². The summed E-state index contributed by atoms with van der Waals surface area (Å²) in [7, 11) is 1.82. The third-order valence-corrected chi connectivity index (χ3v) is 2.72. The first kappa shape index (κ1) is 9.15. The first-order chi connectivity index (χ1) is 6.68. The molecular weight excluding hydrogens is 196 g/mol. The molecule has 0 aliphatic carbocycles. The number of hydrogen-bond donors (Lipinski definition) is 0. The molecule has 0 N–H and O–H groups in total. The normalized spacial score (nSPS) is 10.4. The summed E-state index contributed by atoms with van der Waals surface area (Å²) in [6.07, 6.45) is 1.76. The third-order valence-electron chi connectivity index (χ3n) is 2.04. The molecule has 0 saturated carbocycles. The average Bonchev–Trinajstić information content (AvgIpc) is 2.73. The molecule has 0 fully saturated rings. The van der Waals surface area contributed by atoms with E-state index in [1.54, 1.807) is 10.9 Å². The van der Waals surface area contributed by atoms with E-state index in [1.807, 2.05) is 30.8 Å². The van der Waals surface area contributed by atoms with E-state index in [0.29, 0.717) is 5.56 Å². The van der Waals surface area contributed by atoms with Crippen LogP contribution in [0.15, 0.2) is 23.0 Å². The van der Waals surface area contributed by atoms with E-state index in [4.69, 9.17) is 0 Å². The fourth-order valence-corrected chi connectivity index (χ4v) is 2.01. The summed E-state index contributed by atoms with van der Waals surface area (Å²) in [5.41, 5.74) is 2.21. The van der Waals surface area contributed by atoms with Gasteiger partial charge in [0.05, 0.1) is 11.3 Å². The molecule has 0 bridgehead atoms. The Hall–Kier alpha value is -1.42. The molecule has 14 heavy (non-hydrogen) atoms. The van der Waals surface area contributed by atoms with Gasteiger partial charge in [0.1, 0.15) is 0 Å². The van der Waals surface area contributed by atoms with E-state index >= 15 is 0 Å². The van der Waals surface area contributed by atoms with Gasteiger partial charge in [-0.1, -0.05) is 0 Å². The smallest absolute Gasteiger partial charge is 0.197 e. The highest BCUT2D eigenvalue weighted by molar-refractivity contribution is 7.08.